The fraction of sp³-hybridized carbons (Fsp3) is 0.0714. The van der Waals surface area contributed by atoms with Gasteiger partial charge < -0.3 is 5.32 Å². The summed E-state index contributed by atoms with van der Waals surface area (Å²) in [5.41, 5.74) is 1.91. The van der Waals surface area contributed by atoms with E-state index in [9.17, 15) is 4.79 Å². The predicted molar refractivity (Wildman–Crippen MR) is 83.3 cm³/mol. The Balaban J connectivity index is 2.31. The second-order valence-corrected chi connectivity index (χ2v) is 5.61. The number of benzene rings is 2. The first kappa shape index (κ1) is 14.4. The number of halogens is 3. The van der Waals surface area contributed by atoms with Crippen LogP contribution in [0.4, 0.5) is 5.69 Å². The monoisotopic (exact) mass is 357 g/mol. The first-order chi connectivity index (χ1) is 9.00. The summed E-state index contributed by atoms with van der Waals surface area (Å²) in [5, 5.41) is 3.80. The molecule has 5 heteroatoms. The van der Waals surface area contributed by atoms with Gasteiger partial charge in [-0.15, -0.1) is 0 Å². The van der Waals surface area contributed by atoms with E-state index in [4.69, 9.17) is 23.2 Å². The second-order valence-electron chi connectivity index (χ2n) is 3.97. The van der Waals surface area contributed by atoms with Gasteiger partial charge in [0, 0.05) is 15.2 Å². The second kappa shape index (κ2) is 5.95. The molecule has 0 spiro atoms. The van der Waals surface area contributed by atoms with Gasteiger partial charge in [-0.05, 0) is 52.7 Å². The molecule has 0 aliphatic carbocycles. The summed E-state index contributed by atoms with van der Waals surface area (Å²) < 4.78 is 0.685. The fourth-order valence-electron chi connectivity index (χ4n) is 1.61. The normalized spacial score (nSPS) is 10.3. The topological polar surface area (TPSA) is 29.1 Å². The Labute approximate surface area is 129 Å². The summed E-state index contributed by atoms with van der Waals surface area (Å²) in [7, 11) is 0. The Morgan fingerprint density at radius 2 is 1.84 bits per heavy atom. The highest BCUT2D eigenvalue weighted by Crippen LogP contribution is 2.28. The molecule has 0 heterocycles. The average molecular weight is 359 g/mol. The lowest BCUT2D eigenvalue weighted by Crippen LogP contribution is -2.13. The van der Waals surface area contributed by atoms with Crippen LogP contribution in [0.3, 0.4) is 0 Å². The Hall–Kier alpha value is -1.03. The maximum Gasteiger partial charge on any atom is 0.257 e. The third-order valence-electron chi connectivity index (χ3n) is 2.71. The third kappa shape index (κ3) is 3.11. The molecule has 0 atom stereocenters. The third-order valence-corrected chi connectivity index (χ3v) is 4.42. The lowest BCUT2D eigenvalue weighted by Gasteiger charge is -2.10. The molecule has 0 saturated heterocycles. The largest absolute Gasteiger partial charge is 0.322 e. The summed E-state index contributed by atoms with van der Waals surface area (Å²) in [5.74, 6) is -0.267. The minimum Gasteiger partial charge on any atom is -0.322 e. The number of nitrogens with one attached hydrogen (secondary N) is 1. The number of rotatable bonds is 2. The molecule has 2 rings (SSSR count). The van der Waals surface area contributed by atoms with Gasteiger partial charge >= 0.3 is 0 Å². The van der Waals surface area contributed by atoms with Crippen LogP contribution in [0.15, 0.2) is 40.9 Å². The van der Waals surface area contributed by atoms with Crippen molar-refractivity contribution in [1.29, 1.82) is 0 Å². The van der Waals surface area contributed by atoms with Crippen molar-refractivity contribution in [2.24, 2.45) is 0 Å². The molecule has 0 radical (unpaired) electrons. The SMILES string of the molecule is Cc1c(Cl)cccc1NC(=O)c1cccc(Br)c1Cl. The van der Waals surface area contributed by atoms with Gasteiger partial charge in [0.15, 0.2) is 0 Å². The molecule has 19 heavy (non-hydrogen) atoms. The fourth-order valence-corrected chi connectivity index (χ4v) is 2.36. The van der Waals surface area contributed by atoms with Crippen LogP contribution in [0.2, 0.25) is 10.0 Å². The zero-order valence-electron chi connectivity index (χ0n) is 10.0. The van der Waals surface area contributed by atoms with Crippen molar-refractivity contribution < 1.29 is 4.79 Å². The molecule has 0 aliphatic heterocycles. The molecular weight excluding hydrogens is 349 g/mol. The van der Waals surface area contributed by atoms with Crippen molar-refractivity contribution in [3.63, 3.8) is 0 Å². The Morgan fingerprint density at radius 3 is 2.58 bits per heavy atom. The predicted octanol–water partition coefficient (Wildman–Crippen LogP) is 5.32. The zero-order valence-corrected chi connectivity index (χ0v) is 13.1. The minimum atomic E-state index is -0.267. The summed E-state index contributed by atoms with van der Waals surface area (Å²) in [6.07, 6.45) is 0. The van der Waals surface area contributed by atoms with Crippen LogP contribution in [0.25, 0.3) is 0 Å². The molecule has 0 saturated carbocycles. The molecule has 0 unspecified atom stereocenters. The first-order valence-electron chi connectivity index (χ1n) is 5.51. The van der Waals surface area contributed by atoms with Gasteiger partial charge in [0.25, 0.3) is 5.91 Å². The molecule has 0 fully saturated rings. The van der Waals surface area contributed by atoms with Gasteiger partial charge in [-0.3, -0.25) is 4.79 Å². The van der Waals surface area contributed by atoms with Crippen LogP contribution in [0.1, 0.15) is 15.9 Å². The maximum absolute atomic E-state index is 12.2. The van der Waals surface area contributed by atoms with E-state index in [-0.39, 0.29) is 5.91 Å². The molecule has 2 nitrogen and oxygen atoms in total. The first-order valence-corrected chi connectivity index (χ1v) is 7.06. The van der Waals surface area contributed by atoms with Crippen molar-refractivity contribution >= 4 is 50.7 Å². The van der Waals surface area contributed by atoms with Gasteiger partial charge in [0.1, 0.15) is 0 Å². The van der Waals surface area contributed by atoms with Crippen LogP contribution in [0, 0.1) is 6.92 Å². The average Bonchev–Trinajstić information content (AvgIpc) is 2.38. The van der Waals surface area contributed by atoms with E-state index in [1.165, 1.54) is 0 Å². The van der Waals surface area contributed by atoms with E-state index in [1.807, 2.05) is 6.92 Å². The Morgan fingerprint density at radius 1 is 1.16 bits per heavy atom. The Kier molecular flexibility index (Phi) is 4.50. The van der Waals surface area contributed by atoms with Crippen molar-refractivity contribution in [3.05, 3.63) is 62.0 Å². The van der Waals surface area contributed by atoms with Gasteiger partial charge in [0.2, 0.25) is 0 Å². The Bertz CT molecular complexity index is 643. The number of amides is 1. The molecule has 0 aliphatic rings. The lowest BCUT2D eigenvalue weighted by atomic mass is 10.1. The standard InChI is InChI=1S/C14H10BrCl2NO/c1-8-11(16)6-3-7-12(8)18-14(19)9-4-2-5-10(15)13(9)17/h2-7H,1H3,(H,18,19). The number of anilines is 1. The van der Waals surface area contributed by atoms with Crippen LogP contribution < -0.4 is 5.32 Å². The smallest absolute Gasteiger partial charge is 0.257 e. The molecule has 0 aromatic heterocycles. The van der Waals surface area contributed by atoms with Crippen LogP contribution in [-0.4, -0.2) is 5.91 Å². The highest BCUT2D eigenvalue weighted by molar-refractivity contribution is 9.10. The molecular formula is C14H10BrCl2NO. The van der Waals surface area contributed by atoms with Gasteiger partial charge in [0.05, 0.1) is 10.6 Å². The van der Waals surface area contributed by atoms with Crippen molar-refractivity contribution in [2.75, 3.05) is 5.32 Å². The quantitative estimate of drug-likeness (QED) is 0.773. The minimum absolute atomic E-state index is 0.267. The summed E-state index contributed by atoms with van der Waals surface area (Å²) in [4.78, 5) is 12.2. The van der Waals surface area contributed by atoms with E-state index in [0.717, 1.165) is 5.56 Å². The summed E-state index contributed by atoms with van der Waals surface area (Å²) >= 11 is 15.4. The van der Waals surface area contributed by atoms with Crippen LogP contribution in [-0.2, 0) is 0 Å². The summed E-state index contributed by atoms with van der Waals surface area (Å²) in [6.45, 7) is 1.85. The van der Waals surface area contributed by atoms with Gasteiger partial charge in [-0.1, -0.05) is 35.3 Å². The maximum atomic E-state index is 12.2. The van der Waals surface area contributed by atoms with E-state index in [2.05, 4.69) is 21.2 Å². The van der Waals surface area contributed by atoms with Gasteiger partial charge in [-0.2, -0.15) is 0 Å². The van der Waals surface area contributed by atoms with Crippen molar-refractivity contribution in [1.82, 2.24) is 0 Å². The van der Waals surface area contributed by atoms with Crippen LogP contribution in [0.5, 0.6) is 0 Å². The lowest BCUT2D eigenvalue weighted by molar-refractivity contribution is 0.102. The number of hydrogen-bond acceptors (Lipinski definition) is 1. The molecule has 2 aromatic rings. The molecule has 98 valence electrons. The van der Waals surface area contributed by atoms with E-state index < -0.39 is 0 Å². The number of hydrogen-bond donors (Lipinski definition) is 1. The molecule has 2 aromatic carbocycles. The molecule has 1 N–H and O–H groups in total. The van der Waals surface area contributed by atoms with E-state index in [0.29, 0.717) is 25.8 Å². The number of carbonyl (C=O) groups excluding carboxylic acids is 1. The molecule has 1 amide bonds. The highest BCUT2D eigenvalue weighted by Gasteiger charge is 2.13. The molecule has 0 bridgehead atoms. The number of carbonyl (C=O) groups is 1. The van der Waals surface area contributed by atoms with E-state index >= 15 is 0 Å². The van der Waals surface area contributed by atoms with Gasteiger partial charge in [-0.25, -0.2) is 0 Å². The van der Waals surface area contributed by atoms with Crippen molar-refractivity contribution in [2.45, 2.75) is 6.92 Å². The zero-order chi connectivity index (χ0) is 14.0. The van der Waals surface area contributed by atoms with Crippen LogP contribution >= 0.6 is 39.1 Å². The van der Waals surface area contributed by atoms with E-state index in [1.54, 1.807) is 36.4 Å². The van der Waals surface area contributed by atoms with Crippen molar-refractivity contribution in [3.8, 4) is 0 Å². The summed E-state index contributed by atoms with van der Waals surface area (Å²) in [6, 6.07) is 10.6. The highest BCUT2D eigenvalue weighted by atomic mass is 79.9.